The topological polar surface area (TPSA) is 60.3 Å². The van der Waals surface area contributed by atoms with E-state index in [0.29, 0.717) is 0 Å². The number of carbonyl (C=O) groups is 1. The van der Waals surface area contributed by atoms with Crippen molar-refractivity contribution in [1.82, 2.24) is 10.4 Å². The molecule has 138 valence electrons. The summed E-state index contributed by atoms with van der Waals surface area (Å²) in [5.41, 5.74) is 8.02. The molecule has 0 saturated carbocycles. The number of amides is 1. The summed E-state index contributed by atoms with van der Waals surface area (Å²) in [4.78, 5) is 24.0. The number of nitrogens with one attached hydrogen (secondary N) is 1. The molecular weight excluding hydrogens is 338 g/mol. The maximum atomic E-state index is 12.3. The Balaban J connectivity index is 1.82. The van der Waals surface area contributed by atoms with Crippen LogP contribution in [0.2, 0.25) is 0 Å². The zero-order valence-corrected chi connectivity index (χ0v) is 16.0. The monoisotopic (exact) mass is 361 g/mol. The van der Waals surface area contributed by atoms with Crippen LogP contribution in [0, 0.1) is 5.92 Å². The SMILES string of the molecule is CC(=O)N1NC2=Nc3ccccc3N=C(C)C2C1c1ccc(N(C)C)cc1. The number of amidine groups is 1. The lowest BCUT2D eigenvalue weighted by Gasteiger charge is -2.26. The van der Waals surface area contributed by atoms with E-state index in [9.17, 15) is 4.79 Å². The highest BCUT2D eigenvalue weighted by Gasteiger charge is 2.44. The fraction of sp³-hybridized carbons (Fsp3) is 0.286. The number of nitrogens with zero attached hydrogens (tertiary/aromatic N) is 4. The van der Waals surface area contributed by atoms with Gasteiger partial charge in [0.1, 0.15) is 5.84 Å². The first-order chi connectivity index (χ1) is 13.0. The Bertz CT molecular complexity index is 945. The fourth-order valence-corrected chi connectivity index (χ4v) is 3.71. The van der Waals surface area contributed by atoms with Gasteiger partial charge in [0.25, 0.3) is 0 Å². The van der Waals surface area contributed by atoms with E-state index in [1.807, 2.05) is 45.3 Å². The number of hydrazine groups is 1. The molecule has 2 unspecified atom stereocenters. The van der Waals surface area contributed by atoms with Crippen molar-refractivity contribution >= 4 is 34.5 Å². The van der Waals surface area contributed by atoms with E-state index in [2.05, 4.69) is 34.6 Å². The molecule has 0 aromatic heterocycles. The van der Waals surface area contributed by atoms with Gasteiger partial charge in [-0.05, 0) is 36.8 Å². The van der Waals surface area contributed by atoms with Crippen LogP contribution in [-0.2, 0) is 4.79 Å². The number of aliphatic imine (C=N–C) groups is 2. The Morgan fingerprint density at radius 1 is 1.04 bits per heavy atom. The van der Waals surface area contributed by atoms with Gasteiger partial charge < -0.3 is 4.90 Å². The van der Waals surface area contributed by atoms with E-state index in [1.54, 1.807) is 11.9 Å². The van der Waals surface area contributed by atoms with Gasteiger partial charge in [0.05, 0.1) is 23.3 Å². The molecule has 1 N–H and O–H groups in total. The summed E-state index contributed by atoms with van der Waals surface area (Å²) in [6.45, 7) is 3.58. The maximum absolute atomic E-state index is 12.3. The molecular formula is C21H23N5O. The highest BCUT2D eigenvalue weighted by Crippen LogP contribution is 2.40. The molecule has 2 aromatic carbocycles. The van der Waals surface area contributed by atoms with Gasteiger partial charge in [-0.25, -0.2) is 10.0 Å². The molecule has 0 radical (unpaired) electrons. The molecule has 2 aliphatic rings. The summed E-state index contributed by atoms with van der Waals surface area (Å²) in [5, 5.41) is 1.67. The average Bonchev–Trinajstić information content (AvgIpc) is 2.96. The Hall–Kier alpha value is -3.15. The molecule has 6 nitrogen and oxygen atoms in total. The number of anilines is 1. The van der Waals surface area contributed by atoms with Crippen LogP contribution in [0.1, 0.15) is 25.5 Å². The molecule has 1 amide bonds. The molecule has 0 aliphatic carbocycles. The summed E-state index contributed by atoms with van der Waals surface area (Å²) in [5.74, 6) is 0.609. The highest BCUT2D eigenvalue weighted by atomic mass is 16.2. The second-order valence-electron chi connectivity index (χ2n) is 7.15. The van der Waals surface area contributed by atoms with Gasteiger partial charge >= 0.3 is 0 Å². The molecule has 1 fully saturated rings. The third kappa shape index (κ3) is 2.97. The van der Waals surface area contributed by atoms with Gasteiger partial charge in [-0.3, -0.25) is 15.2 Å². The Kier molecular flexibility index (Phi) is 4.18. The van der Waals surface area contributed by atoms with Gasteiger partial charge in [-0.1, -0.05) is 24.3 Å². The van der Waals surface area contributed by atoms with Crippen molar-refractivity contribution in [3.05, 3.63) is 54.1 Å². The van der Waals surface area contributed by atoms with E-state index < -0.39 is 0 Å². The van der Waals surface area contributed by atoms with Gasteiger partial charge in [0, 0.05) is 32.4 Å². The van der Waals surface area contributed by atoms with Crippen LogP contribution in [0.25, 0.3) is 0 Å². The summed E-state index contributed by atoms with van der Waals surface area (Å²) >= 11 is 0. The zero-order valence-electron chi connectivity index (χ0n) is 16.0. The van der Waals surface area contributed by atoms with Crippen molar-refractivity contribution in [3.8, 4) is 0 Å². The fourth-order valence-electron chi connectivity index (χ4n) is 3.71. The van der Waals surface area contributed by atoms with Crippen molar-refractivity contribution in [3.63, 3.8) is 0 Å². The van der Waals surface area contributed by atoms with E-state index in [-0.39, 0.29) is 17.9 Å². The van der Waals surface area contributed by atoms with Gasteiger partial charge in [-0.2, -0.15) is 0 Å². The van der Waals surface area contributed by atoms with Gasteiger partial charge in [0.15, 0.2) is 0 Å². The van der Waals surface area contributed by atoms with Crippen molar-refractivity contribution in [2.75, 3.05) is 19.0 Å². The number of carbonyl (C=O) groups excluding carboxylic acids is 1. The van der Waals surface area contributed by atoms with Crippen molar-refractivity contribution < 1.29 is 4.79 Å². The summed E-state index contributed by atoms with van der Waals surface area (Å²) in [6.07, 6.45) is 0. The lowest BCUT2D eigenvalue weighted by Crippen LogP contribution is -2.38. The van der Waals surface area contributed by atoms with Crippen LogP contribution in [-0.4, -0.2) is 36.6 Å². The van der Waals surface area contributed by atoms with Gasteiger partial charge in [-0.15, -0.1) is 0 Å². The quantitative estimate of drug-likeness (QED) is 0.889. The number of hydrogen-bond donors (Lipinski definition) is 1. The highest BCUT2D eigenvalue weighted by molar-refractivity contribution is 6.11. The van der Waals surface area contributed by atoms with E-state index in [0.717, 1.165) is 34.2 Å². The number of hydrogen-bond acceptors (Lipinski definition) is 5. The standard InChI is InChI=1S/C21H23N5O/c1-13-19-20(15-9-11-16(12-10-15)25(3)4)26(14(2)27)24-21(19)23-18-8-6-5-7-17(18)22-13/h5-12,19-20H,1-4H3,(H,23,24). The number of fused-ring (bicyclic) bond motifs is 2. The zero-order chi connectivity index (χ0) is 19.1. The molecule has 1 saturated heterocycles. The number of benzene rings is 2. The van der Waals surface area contributed by atoms with Crippen molar-refractivity contribution in [1.29, 1.82) is 0 Å². The molecule has 0 spiro atoms. The third-order valence-electron chi connectivity index (χ3n) is 5.08. The molecule has 2 aliphatic heterocycles. The average molecular weight is 361 g/mol. The van der Waals surface area contributed by atoms with Crippen LogP contribution < -0.4 is 10.3 Å². The molecule has 0 bridgehead atoms. The van der Waals surface area contributed by atoms with Crippen molar-refractivity contribution in [2.45, 2.75) is 19.9 Å². The minimum atomic E-state index is -0.185. The van der Waals surface area contributed by atoms with Crippen LogP contribution in [0.3, 0.4) is 0 Å². The molecule has 27 heavy (non-hydrogen) atoms. The first kappa shape index (κ1) is 17.3. The lowest BCUT2D eigenvalue weighted by atomic mass is 9.89. The van der Waals surface area contributed by atoms with Gasteiger partial charge in [0.2, 0.25) is 5.91 Å². The predicted molar refractivity (Wildman–Crippen MR) is 109 cm³/mol. The molecule has 2 aromatic rings. The minimum Gasteiger partial charge on any atom is -0.378 e. The second kappa shape index (κ2) is 6.54. The van der Waals surface area contributed by atoms with E-state index in [4.69, 9.17) is 9.98 Å². The maximum Gasteiger partial charge on any atom is 0.238 e. The smallest absolute Gasteiger partial charge is 0.238 e. The predicted octanol–water partition coefficient (Wildman–Crippen LogP) is 3.61. The Morgan fingerprint density at radius 3 is 2.26 bits per heavy atom. The Labute approximate surface area is 159 Å². The van der Waals surface area contributed by atoms with Crippen LogP contribution in [0.15, 0.2) is 58.5 Å². The third-order valence-corrected chi connectivity index (χ3v) is 5.08. The van der Waals surface area contributed by atoms with Crippen LogP contribution >= 0.6 is 0 Å². The second-order valence-corrected chi connectivity index (χ2v) is 7.15. The summed E-state index contributed by atoms with van der Waals surface area (Å²) in [7, 11) is 4.02. The minimum absolute atomic E-state index is 0.0476. The molecule has 6 heteroatoms. The van der Waals surface area contributed by atoms with E-state index in [1.165, 1.54) is 0 Å². The van der Waals surface area contributed by atoms with Crippen LogP contribution in [0.4, 0.5) is 17.1 Å². The number of rotatable bonds is 2. The summed E-state index contributed by atoms with van der Waals surface area (Å²) in [6, 6.07) is 15.9. The first-order valence-corrected chi connectivity index (χ1v) is 9.02. The lowest BCUT2D eigenvalue weighted by molar-refractivity contribution is -0.132. The summed E-state index contributed by atoms with van der Waals surface area (Å²) < 4.78 is 0. The molecule has 2 heterocycles. The van der Waals surface area contributed by atoms with Crippen LogP contribution in [0.5, 0.6) is 0 Å². The largest absolute Gasteiger partial charge is 0.378 e. The van der Waals surface area contributed by atoms with E-state index >= 15 is 0 Å². The first-order valence-electron chi connectivity index (χ1n) is 9.02. The molecule has 2 atom stereocenters. The number of para-hydroxylation sites is 2. The molecule has 4 rings (SSSR count). The van der Waals surface area contributed by atoms with Crippen molar-refractivity contribution in [2.24, 2.45) is 15.9 Å². The Morgan fingerprint density at radius 2 is 1.67 bits per heavy atom. The normalized spacial score (nSPS) is 20.7.